The number of benzene rings is 2. The predicted octanol–water partition coefficient (Wildman–Crippen LogP) is 3.35. The normalized spacial score (nSPS) is 32.2. The van der Waals surface area contributed by atoms with Crippen LogP contribution in [-0.2, 0) is 9.59 Å². The smallest absolute Gasteiger partial charge is 0.323 e. The number of urea groups is 1. The molecule has 2 saturated carbocycles. The quantitative estimate of drug-likeness (QED) is 0.417. The summed E-state index contributed by atoms with van der Waals surface area (Å²) in [4.78, 5) is 39.5. The van der Waals surface area contributed by atoms with Gasteiger partial charge in [0.15, 0.2) is 0 Å². The summed E-state index contributed by atoms with van der Waals surface area (Å²) < 4.78 is 0. The van der Waals surface area contributed by atoms with Crippen LogP contribution in [0.4, 0.5) is 21.9 Å². The van der Waals surface area contributed by atoms with Crippen LogP contribution in [0.2, 0.25) is 0 Å². The van der Waals surface area contributed by atoms with E-state index in [-0.39, 0.29) is 40.7 Å². The molecule has 0 aromatic heterocycles. The standard InChI is InChI=1S/C23H19N3O4/c27-17-4-2-1-3-16(17)25-22(30)24-12-5-7-13(8-6-12)26-20(28)18-14-9-10-23(14)11-15(23)19(18)21(26)29/h1-10,14-15,18-19,27H,11H2,(H2,24,25,30). The maximum absolute atomic E-state index is 13.0. The molecule has 3 aliphatic carbocycles. The van der Waals surface area contributed by atoms with E-state index < -0.39 is 6.03 Å². The number of amides is 4. The van der Waals surface area contributed by atoms with Gasteiger partial charge in [-0.25, -0.2) is 4.79 Å². The fourth-order valence-corrected chi connectivity index (χ4v) is 5.59. The molecule has 3 N–H and O–H groups in total. The highest BCUT2D eigenvalue weighted by Crippen LogP contribution is 2.77. The fraction of sp³-hybridized carbons (Fsp3) is 0.261. The Labute approximate surface area is 172 Å². The Balaban J connectivity index is 1.17. The lowest BCUT2D eigenvalue weighted by Crippen LogP contribution is -2.35. The summed E-state index contributed by atoms with van der Waals surface area (Å²) in [5.74, 6) is -0.111. The van der Waals surface area contributed by atoms with Crippen molar-refractivity contribution in [3.05, 3.63) is 60.7 Å². The molecule has 7 heteroatoms. The van der Waals surface area contributed by atoms with Gasteiger partial charge in [0.25, 0.3) is 0 Å². The Bertz CT molecular complexity index is 1140. The van der Waals surface area contributed by atoms with Crippen molar-refractivity contribution in [3.8, 4) is 5.75 Å². The van der Waals surface area contributed by atoms with Gasteiger partial charge in [0.05, 0.1) is 23.2 Å². The molecule has 1 aliphatic heterocycles. The molecular formula is C23H19N3O4. The van der Waals surface area contributed by atoms with E-state index in [1.165, 1.54) is 11.0 Å². The third kappa shape index (κ3) is 2.17. The summed E-state index contributed by atoms with van der Waals surface area (Å²) in [6.45, 7) is 0. The van der Waals surface area contributed by atoms with Crippen molar-refractivity contribution >= 4 is 34.9 Å². The minimum Gasteiger partial charge on any atom is -0.506 e. The number of aromatic hydroxyl groups is 1. The molecule has 2 aromatic carbocycles. The minimum atomic E-state index is -0.506. The van der Waals surface area contributed by atoms with Crippen molar-refractivity contribution in [2.45, 2.75) is 6.42 Å². The molecular weight excluding hydrogens is 382 g/mol. The fourth-order valence-electron chi connectivity index (χ4n) is 5.59. The maximum Gasteiger partial charge on any atom is 0.323 e. The Morgan fingerprint density at radius 3 is 2.43 bits per heavy atom. The van der Waals surface area contributed by atoms with Gasteiger partial charge in [-0.15, -0.1) is 0 Å². The first-order valence-electron chi connectivity index (χ1n) is 10.0. The van der Waals surface area contributed by atoms with Crippen LogP contribution in [0.15, 0.2) is 60.7 Å². The second-order valence-electron chi connectivity index (χ2n) is 8.51. The number of carbonyl (C=O) groups is 3. The van der Waals surface area contributed by atoms with Crippen molar-refractivity contribution in [2.75, 3.05) is 15.5 Å². The van der Waals surface area contributed by atoms with Gasteiger partial charge in [0.1, 0.15) is 5.75 Å². The van der Waals surface area contributed by atoms with Crippen molar-refractivity contribution in [1.82, 2.24) is 0 Å². The lowest BCUT2D eigenvalue weighted by molar-refractivity contribution is -0.123. The van der Waals surface area contributed by atoms with Gasteiger partial charge >= 0.3 is 6.03 Å². The molecule has 1 heterocycles. The summed E-state index contributed by atoms with van der Waals surface area (Å²) >= 11 is 0. The van der Waals surface area contributed by atoms with Crippen LogP contribution in [0.25, 0.3) is 0 Å². The predicted molar refractivity (Wildman–Crippen MR) is 110 cm³/mol. The van der Waals surface area contributed by atoms with Crippen LogP contribution < -0.4 is 15.5 Å². The molecule has 2 aromatic rings. The van der Waals surface area contributed by atoms with Crippen molar-refractivity contribution in [1.29, 1.82) is 0 Å². The molecule has 5 unspecified atom stereocenters. The van der Waals surface area contributed by atoms with Crippen molar-refractivity contribution in [3.63, 3.8) is 0 Å². The number of carbonyl (C=O) groups excluding carboxylic acids is 3. The molecule has 3 fully saturated rings. The highest BCUT2D eigenvalue weighted by Gasteiger charge is 2.77. The van der Waals surface area contributed by atoms with E-state index in [2.05, 4.69) is 22.8 Å². The van der Waals surface area contributed by atoms with Crippen LogP contribution in [-0.4, -0.2) is 23.0 Å². The van der Waals surface area contributed by atoms with E-state index in [0.717, 1.165) is 6.42 Å². The highest BCUT2D eigenvalue weighted by atomic mass is 16.3. The summed E-state index contributed by atoms with van der Waals surface area (Å²) in [6.07, 6.45) is 5.30. The zero-order chi connectivity index (χ0) is 20.6. The number of anilines is 3. The van der Waals surface area contributed by atoms with E-state index in [4.69, 9.17) is 0 Å². The topological polar surface area (TPSA) is 98.7 Å². The number of allylic oxidation sites excluding steroid dienone is 2. The molecule has 7 nitrogen and oxygen atoms in total. The summed E-state index contributed by atoms with van der Waals surface area (Å²) in [7, 11) is 0. The van der Waals surface area contributed by atoms with Crippen LogP contribution in [0.1, 0.15) is 6.42 Å². The van der Waals surface area contributed by atoms with Crippen LogP contribution >= 0.6 is 0 Å². The van der Waals surface area contributed by atoms with E-state index >= 15 is 0 Å². The van der Waals surface area contributed by atoms with E-state index in [0.29, 0.717) is 23.0 Å². The number of hydrogen-bond acceptors (Lipinski definition) is 4. The second kappa shape index (κ2) is 5.72. The molecule has 5 atom stereocenters. The number of phenols is 1. The Kier molecular flexibility index (Phi) is 3.29. The van der Waals surface area contributed by atoms with E-state index in [9.17, 15) is 19.5 Å². The molecule has 6 rings (SSSR count). The molecule has 0 bridgehead atoms. The number of fused-ring (bicyclic) bond motifs is 3. The average Bonchev–Trinajstić information content (AvgIpc) is 3.38. The number of nitrogens with zero attached hydrogens (tertiary/aromatic N) is 1. The lowest BCUT2D eigenvalue weighted by Gasteiger charge is -2.30. The van der Waals surface area contributed by atoms with Gasteiger partial charge < -0.3 is 15.7 Å². The van der Waals surface area contributed by atoms with E-state index in [1.807, 2.05) is 0 Å². The summed E-state index contributed by atoms with van der Waals surface area (Å²) in [5.41, 5.74) is 1.48. The maximum atomic E-state index is 13.0. The third-order valence-corrected chi connectivity index (χ3v) is 7.09. The largest absolute Gasteiger partial charge is 0.506 e. The zero-order valence-electron chi connectivity index (χ0n) is 15.9. The Hall–Kier alpha value is -3.61. The van der Waals surface area contributed by atoms with Gasteiger partial charge in [0.2, 0.25) is 11.8 Å². The molecule has 30 heavy (non-hydrogen) atoms. The number of rotatable bonds is 3. The molecule has 150 valence electrons. The van der Waals surface area contributed by atoms with E-state index in [1.54, 1.807) is 42.5 Å². The second-order valence-corrected chi connectivity index (χ2v) is 8.51. The molecule has 1 saturated heterocycles. The SMILES string of the molecule is O=C(Nc1ccc(N2C(=O)C3C(C2=O)C2CC24C=CC34)cc1)Nc1ccccc1O. The Morgan fingerprint density at radius 2 is 1.73 bits per heavy atom. The lowest BCUT2D eigenvalue weighted by atomic mass is 9.74. The minimum absolute atomic E-state index is 0.0272. The first-order valence-corrected chi connectivity index (χ1v) is 10.0. The number of hydrogen-bond donors (Lipinski definition) is 3. The monoisotopic (exact) mass is 401 g/mol. The number of phenolic OH excluding ortho intramolecular Hbond substituents is 1. The van der Waals surface area contributed by atoms with Gasteiger partial charge in [-0.05, 0) is 60.1 Å². The van der Waals surface area contributed by atoms with Crippen molar-refractivity contribution < 1.29 is 19.5 Å². The Morgan fingerprint density at radius 1 is 1.00 bits per heavy atom. The number of nitrogens with one attached hydrogen (secondary N) is 2. The highest BCUT2D eigenvalue weighted by molar-refractivity contribution is 6.23. The van der Waals surface area contributed by atoms with Crippen molar-refractivity contribution in [2.24, 2.45) is 29.1 Å². The van der Waals surface area contributed by atoms with Crippen LogP contribution in [0, 0.1) is 29.1 Å². The van der Waals surface area contributed by atoms with Gasteiger partial charge in [-0.1, -0.05) is 24.3 Å². The first kappa shape index (κ1) is 17.3. The van der Waals surface area contributed by atoms with Gasteiger partial charge in [0, 0.05) is 5.69 Å². The molecule has 0 radical (unpaired) electrons. The number of imide groups is 1. The molecule has 4 aliphatic rings. The summed E-state index contributed by atoms with van der Waals surface area (Å²) in [6, 6.07) is 12.6. The van der Waals surface area contributed by atoms with Gasteiger partial charge in [-0.2, -0.15) is 0 Å². The van der Waals surface area contributed by atoms with Gasteiger partial charge in [-0.3, -0.25) is 14.5 Å². The average molecular weight is 401 g/mol. The zero-order valence-corrected chi connectivity index (χ0v) is 15.9. The molecule has 4 amide bonds. The summed E-state index contributed by atoms with van der Waals surface area (Å²) in [5, 5.41) is 15.0. The third-order valence-electron chi connectivity index (χ3n) is 7.09. The van der Waals surface area contributed by atoms with Crippen LogP contribution in [0.3, 0.4) is 0 Å². The molecule has 1 spiro atoms. The number of para-hydroxylation sites is 2. The van der Waals surface area contributed by atoms with Crippen LogP contribution in [0.5, 0.6) is 5.75 Å². The first-order chi connectivity index (χ1) is 14.5.